The largest absolute Gasteiger partial charge is 0.465 e. The first-order valence-corrected chi connectivity index (χ1v) is 8.44. The van der Waals surface area contributed by atoms with Crippen molar-refractivity contribution < 1.29 is 14.1 Å². The molecule has 1 aliphatic carbocycles. The third-order valence-electron chi connectivity index (χ3n) is 4.20. The molecule has 2 heterocycles. The molecule has 0 spiro atoms. The first kappa shape index (κ1) is 16.5. The Kier molecular flexibility index (Phi) is 5.13. The van der Waals surface area contributed by atoms with E-state index < -0.39 is 0 Å². The van der Waals surface area contributed by atoms with Crippen molar-refractivity contribution in [3.8, 4) is 5.88 Å². The number of aromatic nitrogens is 2. The Bertz CT molecular complexity index is 770. The topological polar surface area (TPSA) is 69.6 Å². The van der Waals surface area contributed by atoms with Crippen LogP contribution in [0.5, 0.6) is 5.88 Å². The summed E-state index contributed by atoms with van der Waals surface area (Å²) in [6.45, 7) is 3.67. The van der Waals surface area contributed by atoms with E-state index in [1.807, 2.05) is 19.1 Å². The second-order valence-corrected chi connectivity index (χ2v) is 6.31. The molecule has 6 nitrogen and oxygen atoms in total. The average Bonchev–Trinajstić information content (AvgIpc) is 2.99. The van der Waals surface area contributed by atoms with Gasteiger partial charge in [-0.15, -0.1) is 0 Å². The summed E-state index contributed by atoms with van der Waals surface area (Å²) in [5.41, 5.74) is 1.79. The number of aryl methyl sites for hydroxylation is 2. The van der Waals surface area contributed by atoms with Crippen LogP contribution in [0.1, 0.15) is 48.2 Å². The lowest BCUT2D eigenvalue weighted by Crippen LogP contribution is -2.32. The van der Waals surface area contributed by atoms with Gasteiger partial charge in [0, 0.05) is 12.3 Å². The van der Waals surface area contributed by atoms with Gasteiger partial charge in [0.05, 0.1) is 6.04 Å². The number of hydrogen-bond acceptors (Lipinski definition) is 5. The van der Waals surface area contributed by atoms with E-state index in [9.17, 15) is 4.79 Å². The van der Waals surface area contributed by atoms with Crippen LogP contribution in [0.3, 0.4) is 0 Å². The van der Waals surface area contributed by atoms with Crippen molar-refractivity contribution in [2.24, 2.45) is 4.99 Å². The quantitative estimate of drug-likeness (QED) is 0.864. The first-order chi connectivity index (χ1) is 11.6. The van der Waals surface area contributed by atoms with Crippen molar-refractivity contribution in [1.29, 1.82) is 0 Å². The maximum atomic E-state index is 12.5. The number of hydrogen-bond donors (Lipinski definition) is 0. The second-order valence-electron chi connectivity index (χ2n) is 6.31. The number of ether oxygens (including phenoxy) is 1. The van der Waals surface area contributed by atoms with Crippen molar-refractivity contribution in [3.63, 3.8) is 0 Å². The minimum atomic E-state index is -0.176. The molecule has 0 atom stereocenters. The van der Waals surface area contributed by atoms with E-state index in [4.69, 9.17) is 14.3 Å². The fourth-order valence-electron chi connectivity index (χ4n) is 2.91. The highest BCUT2D eigenvalue weighted by molar-refractivity contribution is 5.80. The molecule has 0 amide bonds. The van der Waals surface area contributed by atoms with Crippen LogP contribution < -0.4 is 10.2 Å². The second kappa shape index (κ2) is 7.47. The zero-order valence-electron chi connectivity index (χ0n) is 14.2. The fraction of sp³-hybridized carbons (Fsp3) is 0.500. The van der Waals surface area contributed by atoms with Gasteiger partial charge in [-0.1, -0.05) is 19.3 Å². The van der Waals surface area contributed by atoms with E-state index in [0.29, 0.717) is 23.2 Å². The smallest absolute Gasteiger partial charge is 0.270 e. The minimum Gasteiger partial charge on any atom is -0.465 e. The lowest BCUT2D eigenvalue weighted by molar-refractivity contribution is 0.0825. The van der Waals surface area contributed by atoms with Gasteiger partial charge >= 0.3 is 0 Å². The van der Waals surface area contributed by atoms with E-state index in [1.165, 1.54) is 19.3 Å². The van der Waals surface area contributed by atoms with Crippen LogP contribution in [-0.4, -0.2) is 28.3 Å². The van der Waals surface area contributed by atoms with Gasteiger partial charge in [0.2, 0.25) is 0 Å². The lowest BCUT2D eigenvalue weighted by Gasteiger charge is -2.18. The van der Waals surface area contributed by atoms with Gasteiger partial charge in [-0.2, -0.15) is 0 Å². The Morgan fingerprint density at radius 2 is 2.12 bits per heavy atom. The van der Waals surface area contributed by atoms with Gasteiger partial charge in [-0.25, -0.2) is 0 Å². The molecule has 24 heavy (non-hydrogen) atoms. The average molecular weight is 329 g/mol. The minimum absolute atomic E-state index is 0.104. The lowest BCUT2D eigenvalue weighted by atomic mass is 9.96. The molecule has 1 saturated carbocycles. The third kappa shape index (κ3) is 4.13. The van der Waals surface area contributed by atoms with Crippen molar-refractivity contribution >= 4 is 5.91 Å². The van der Waals surface area contributed by atoms with Gasteiger partial charge in [0.15, 0.2) is 6.61 Å². The van der Waals surface area contributed by atoms with E-state index >= 15 is 0 Å². The molecule has 0 aromatic carbocycles. The third-order valence-corrected chi connectivity index (χ3v) is 4.20. The van der Waals surface area contributed by atoms with Crippen LogP contribution in [0, 0.1) is 13.8 Å². The van der Waals surface area contributed by atoms with Crippen molar-refractivity contribution in [1.82, 2.24) is 9.72 Å². The summed E-state index contributed by atoms with van der Waals surface area (Å²) in [4.78, 5) is 17.3. The maximum absolute atomic E-state index is 12.5. The van der Waals surface area contributed by atoms with Crippen LogP contribution in [-0.2, 0) is 0 Å². The molecule has 1 fully saturated rings. The highest BCUT2D eigenvalue weighted by Gasteiger charge is 2.14. The highest BCUT2D eigenvalue weighted by atomic mass is 16.5. The molecule has 6 heteroatoms. The Hall–Kier alpha value is -2.37. The zero-order valence-corrected chi connectivity index (χ0v) is 14.2. The number of rotatable bonds is 4. The van der Waals surface area contributed by atoms with E-state index in [1.54, 1.807) is 23.8 Å². The Labute approximate surface area is 141 Å². The molecule has 2 aromatic heterocycles. The highest BCUT2D eigenvalue weighted by Crippen LogP contribution is 2.19. The van der Waals surface area contributed by atoms with Crippen molar-refractivity contribution in [3.05, 3.63) is 41.2 Å². The molecule has 1 aliphatic rings. The fourth-order valence-corrected chi connectivity index (χ4v) is 2.91. The monoisotopic (exact) mass is 329 g/mol. The molecule has 3 rings (SSSR count). The molecule has 2 aromatic rings. The summed E-state index contributed by atoms with van der Waals surface area (Å²) >= 11 is 0. The van der Waals surface area contributed by atoms with Crippen molar-refractivity contribution in [2.75, 3.05) is 6.61 Å². The van der Waals surface area contributed by atoms with Crippen LogP contribution in [0.25, 0.3) is 0 Å². The number of pyridine rings is 1. The van der Waals surface area contributed by atoms with Gasteiger partial charge < -0.3 is 9.26 Å². The number of nitrogens with zero attached hydrogens (tertiary/aromatic N) is 3. The summed E-state index contributed by atoms with van der Waals surface area (Å²) in [5, 5.41) is 3.73. The molecular weight excluding hydrogens is 306 g/mol. The van der Waals surface area contributed by atoms with E-state index in [-0.39, 0.29) is 12.5 Å². The van der Waals surface area contributed by atoms with E-state index in [2.05, 4.69) is 5.16 Å². The summed E-state index contributed by atoms with van der Waals surface area (Å²) < 4.78 is 11.9. The van der Waals surface area contributed by atoms with Gasteiger partial charge in [0.25, 0.3) is 11.8 Å². The van der Waals surface area contributed by atoms with E-state index in [0.717, 1.165) is 18.4 Å². The Morgan fingerprint density at radius 3 is 2.83 bits per heavy atom. The summed E-state index contributed by atoms with van der Waals surface area (Å²) in [6.07, 6.45) is 7.65. The molecule has 0 N–H and O–H groups in total. The normalized spacial score (nSPS) is 16.3. The molecule has 0 bridgehead atoms. The summed E-state index contributed by atoms with van der Waals surface area (Å²) in [7, 11) is 0. The summed E-state index contributed by atoms with van der Waals surface area (Å²) in [6, 6.07) is 5.81. The Morgan fingerprint density at radius 1 is 1.33 bits per heavy atom. The molecular formula is C18H23N3O3. The van der Waals surface area contributed by atoms with Crippen LogP contribution in [0.15, 0.2) is 33.9 Å². The van der Waals surface area contributed by atoms with Crippen LogP contribution in [0.4, 0.5) is 0 Å². The van der Waals surface area contributed by atoms with Gasteiger partial charge in [0.1, 0.15) is 11.2 Å². The number of carbonyl (C=O) groups excluding carboxylic acids is 1. The predicted octanol–water partition coefficient (Wildman–Crippen LogP) is 3.05. The Balaban J connectivity index is 1.78. The zero-order chi connectivity index (χ0) is 16.9. The van der Waals surface area contributed by atoms with Crippen LogP contribution in [0.2, 0.25) is 0 Å². The molecule has 0 radical (unpaired) electrons. The van der Waals surface area contributed by atoms with Gasteiger partial charge in [-0.05, 0) is 49.5 Å². The maximum Gasteiger partial charge on any atom is 0.270 e. The molecule has 0 saturated heterocycles. The number of carbonyl (C=O) groups is 1. The van der Waals surface area contributed by atoms with Gasteiger partial charge in [-0.3, -0.25) is 14.4 Å². The molecule has 0 aliphatic heterocycles. The van der Waals surface area contributed by atoms with Crippen molar-refractivity contribution in [2.45, 2.75) is 52.0 Å². The summed E-state index contributed by atoms with van der Waals surface area (Å²) in [5.74, 6) is 0.790. The molecule has 128 valence electrons. The molecule has 0 unspecified atom stereocenters. The first-order valence-electron chi connectivity index (χ1n) is 8.44. The standard InChI is InChI=1S/C18H23N3O3/c1-13-8-9-21(16(10-13)19-15-6-4-3-5-7-15)18(22)12-23-17-11-14(2)24-20-17/h8-11,15H,3-7,12H2,1-2H3. The SMILES string of the molecule is Cc1ccn(C(=O)COc2cc(C)on2)c(=NC2CCCCC2)c1. The van der Waals surface area contributed by atoms with Crippen LogP contribution >= 0.6 is 0 Å². The predicted molar refractivity (Wildman–Crippen MR) is 89.0 cm³/mol.